The van der Waals surface area contributed by atoms with Gasteiger partial charge in [-0.2, -0.15) is 0 Å². The zero-order valence-corrected chi connectivity index (χ0v) is 33.4. The molecule has 8 atom stereocenters. The first-order chi connectivity index (χ1) is 27.6. The van der Waals surface area contributed by atoms with E-state index in [1.165, 1.54) is 28.9 Å². The second-order valence-corrected chi connectivity index (χ2v) is 16.3. The number of amides is 6. The van der Waals surface area contributed by atoms with Crippen molar-refractivity contribution in [2.75, 3.05) is 26.2 Å². The number of aryl methyl sites for hydroxylation is 2. The van der Waals surface area contributed by atoms with Crippen LogP contribution >= 0.6 is 0 Å². The number of aliphatic hydroxyl groups excluding tert-OH is 1. The molecule has 58 heavy (non-hydrogen) atoms. The molecule has 0 aliphatic carbocycles. The minimum atomic E-state index is -1.60. The fourth-order valence-electron chi connectivity index (χ4n) is 8.49. The lowest BCUT2D eigenvalue weighted by Crippen LogP contribution is -2.62. The molecular weight excluding hydrogens is 751 g/mol. The number of carbonyl (C=O) groups is 7. The van der Waals surface area contributed by atoms with E-state index >= 15 is 0 Å². The average Bonchev–Trinajstić information content (AvgIpc) is 3.78. The number of carbonyl (C=O) groups excluding carboxylic acids is 7. The molecule has 0 radical (unpaired) electrons. The first-order valence-corrected chi connectivity index (χ1v) is 20.1. The Balaban J connectivity index is 1.32. The number of halogens is 1. The number of piperidine rings is 1. The lowest BCUT2D eigenvalue weighted by Gasteiger charge is -2.39. The molecule has 16 heteroatoms. The van der Waals surface area contributed by atoms with Gasteiger partial charge in [0, 0.05) is 32.5 Å². The number of fused-ring (bicyclic) bond motifs is 3. The first-order valence-electron chi connectivity index (χ1n) is 20.1. The van der Waals surface area contributed by atoms with Gasteiger partial charge in [0.2, 0.25) is 35.4 Å². The molecule has 4 aliphatic rings. The average molecular weight is 805 g/mol. The number of hydrogen-bond donors (Lipinski definition) is 4. The zero-order chi connectivity index (χ0) is 41.8. The van der Waals surface area contributed by atoms with Gasteiger partial charge in [0.25, 0.3) is 0 Å². The van der Waals surface area contributed by atoms with Crippen molar-refractivity contribution in [1.82, 2.24) is 30.7 Å². The number of ether oxygens (including phenoxy) is 1. The molecule has 0 saturated carbocycles. The summed E-state index contributed by atoms with van der Waals surface area (Å²) in [7, 11) is 0. The fourth-order valence-corrected chi connectivity index (χ4v) is 8.49. The standard InChI is InChI=1S/C42H53FN6O9/c1-23-8-7-9-27(14-23)17-31(45-36(51)18-28-12-11-24(2)15-30(28)43)37(52)46-32-22-58-42(57)35-16-25(3)20-48(35)39(54)26(4)44-38(53)33-10-5-6-13-47(33)41(56)34-19-29(50)21-49(34)40(32)55/h7-9,11-12,14-15,25-26,29,31-35,50H,5-6,10,13,16-22H2,1-4H3,(H,44,53)(H,45,51)(H,46,52)/t25-,26+,29-,31+,32+,33+,34+,35+/m1/s1. The van der Waals surface area contributed by atoms with Gasteiger partial charge in [-0.1, -0.05) is 48.9 Å². The van der Waals surface area contributed by atoms with Crippen LogP contribution < -0.4 is 16.0 Å². The smallest absolute Gasteiger partial charge is 0.328 e. The highest BCUT2D eigenvalue weighted by atomic mass is 19.1. The van der Waals surface area contributed by atoms with Crippen LogP contribution in [0.1, 0.15) is 68.2 Å². The number of nitrogens with one attached hydrogen (secondary N) is 3. The van der Waals surface area contributed by atoms with Crippen LogP contribution in [0.25, 0.3) is 0 Å². The Hall–Kier alpha value is -5.38. The molecule has 4 fully saturated rings. The summed E-state index contributed by atoms with van der Waals surface area (Å²) in [6.45, 7) is 6.43. The van der Waals surface area contributed by atoms with Crippen LogP contribution in [0.15, 0.2) is 42.5 Å². The van der Waals surface area contributed by atoms with Crippen LogP contribution in [-0.2, 0) is 51.1 Å². The van der Waals surface area contributed by atoms with Crippen LogP contribution in [0, 0.1) is 25.6 Å². The number of esters is 1. The van der Waals surface area contributed by atoms with Crippen LogP contribution in [0.3, 0.4) is 0 Å². The second-order valence-electron chi connectivity index (χ2n) is 16.3. The Morgan fingerprint density at radius 3 is 2.38 bits per heavy atom. The van der Waals surface area contributed by atoms with Gasteiger partial charge in [-0.25, -0.2) is 9.18 Å². The number of rotatable bonds is 7. The highest BCUT2D eigenvalue weighted by Crippen LogP contribution is 2.28. The summed E-state index contributed by atoms with van der Waals surface area (Å²) < 4.78 is 20.5. The van der Waals surface area contributed by atoms with Gasteiger partial charge in [-0.3, -0.25) is 28.8 Å². The molecule has 4 heterocycles. The molecule has 15 nitrogen and oxygen atoms in total. The molecule has 2 aromatic rings. The number of nitrogens with zero attached hydrogens (tertiary/aromatic N) is 3. The molecule has 2 aromatic carbocycles. The Labute approximate surface area is 337 Å². The Bertz CT molecular complexity index is 1940. The van der Waals surface area contributed by atoms with Gasteiger partial charge in [0.1, 0.15) is 48.7 Å². The summed E-state index contributed by atoms with van der Waals surface area (Å²) in [5, 5.41) is 18.9. The van der Waals surface area contributed by atoms with E-state index in [0.717, 1.165) is 10.5 Å². The predicted octanol–water partition coefficient (Wildman–Crippen LogP) is 0.839. The monoisotopic (exact) mass is 804 g/mol. The third-order valence-electron chi connectivity index (χ3n) is 11.5. The predicted molar refractivity (Wildman–Crippen MR) is 207 cm³/mol. The van der Waals surface area contributed by atoms with Gasteiger partial charge < -0.3 is 40.5 Å². The zero-order valence-electron chi connectivity index (χ0n) is 33.4. The second kappa shape index (κ2) is 18.0. The molecule has 0 unspecified atom stereocenters. The van der Waals surface area contributed by atoms with Crippen molar-refractivity contribution in [3.8, 4) is 0 Å². The van der Waals surface area contributed by atoms with Crippen molar-refractivity contribution in [2.24, 2.45) is 5.92 Å². The molecule has 6 rings (SSSR count). The Morgan fingerprint density at radius 2 is 1.64 bits per heavy atom. The van der Waals surface area contributed by atoms with E-state index in [2.05, 4.69) is 16.0 Å². The molecule has 6 amide bonds. The maximum absolute atomic E-state index is 14.7. The quantitative estimate of drug-likeness (QED) is 0.294. The molecule has 0 spiro atoms. The molecule has 4 N–H and O–H groups in total. The Morgan fingerprint density at radius 1 is 0.897 bits per heavy atom. The van der Waals surface area contributed by atoms with Gasteiger partial charge in [-0.05, 0) is 75.1 Å². The summed E-state index contributed by atoms with van der Waals surface area (Å²) in [5.41, 5.74) is 2.37. The molecule has 4 saturated heterocycles. The van der Waals surface area contributed by atoms with E-state index in [1.807, 2.05) is 26.0 Å². The third-order valence-corrected chi connectivity index (χ3v) is 11.5. The van der Waals surface area contributed by atoms with Gasteiger partial charge in [-0.15, -0.1) is 0 Å². The molecule has 4 aliphatic heterocycles. The van der Waals surface area contributed by atoms with E-state index in [1.54, 1.807) is 25.1 Å². The summed E-state index contributed by atoms with van der Waals surface area (Å²) in [6.07, 6.45) is 0.176. The van der Waals surface area contributed by atoms with E-state index in [4.69, 9.17) is 4.74 Å². The minimum Gasteiger partial charge on any atom is -0.461 e. The summed E-state index contributed by atoms with van der Waals surface area (Å²) in [5.74, 6) is -5.42. The molecule has 0 bridgehead atoms. The van der Waals surface area contributed by atoms with Crippen molar-refractivity contribution in [2.45, 2.75) is 115 Å². The van der Waals surface area contributed by atoms with Crippen molar-refractivity contribution >= 4 is 41.4 Å². The van der Waals surface area contributed by atoms with Crippen molar-refractivity contribution < 1.29 is 47.8 Å². The topological polar surface area (TPSA) is 195 Å². The van der Waals surface area contributed by atoms with Crippen LogP contribution in [-0.4, -0.2) is 130 Å². The summed E-state index contributed by atoms with van der Waals surface area (Å²) in [4.78, 5) is 102. The van der Waals surface area contributed by atoms with E-state index < -0.39 is 96.2 Å². The Kier molecular flexibility index (Phi) is 13.1. The van der Waals surface area contributed by atoms with Gasteiger partial charge in [0.15, 0.2) is 0 Å². The van der Waals surface area contributed by atoms with Gasteiger partial charge in [0.05, 0.1) is 12.5 Å². The summed E-state index contributed by atoms with van der Waals surface area (Å²) in [6, 6.07) is 4.62. The van der Waals surface area contributed by atoms with E-state index in [0.29, 0.717) is 30.4 Å². The normalized spacial score (nSPS) is 27.6. The SMILES string of the molecule is Cc1cccc(C[C@H](NC(=O)Cc2ccc(C)cc2F)C(=O)N[C@H]2COC(=O)[C@@H]3C[C@@H](C)CN3C(=O)[C@H](C)NC(=O)[C@@H]3CCCCN3C(=O)[C@@H]3C[C@@H](O)CN3C2=O)c1. The third kappa shape index (κ3) is 9.65. The number of hydrogen-bond acceptors (Lipinski definition) is 9. The maximum atomic E-state index is 14.7. The van der Waals surface area contributed by atoms with E-state index in [9.17, 15) is 43.1 Å². The molecule has 0 aromatic heterocycles. The number of benzene rings is 2. The lowest BCUT2D eigenvalue weighted by molar-refractivity contribution is -0.158. The maximum Gasteiger partial charge on any atom is 0.328 e. The van der Waals surface area contributed by atoms with Gasteiger partial charge >= 0.3 is 5.97 Å². The van der Waals surface area contributed by atoms with Crippen molar-refractivity contribution in [3.05, 3.63) is 70.5 Å². The lowest BCUT2D eigenvalue weighted by atomic mass is 9.99. The van der Waals surface area contributed by atoms with Crippen LogP contribution in [0.4, 0.5) is 4.39 Å². The molecular formula is C42H53FN6O9. The first kappa shape index (κ1) is 42.2. The highest BCUT2D eigenvalue weighted by Gasteiger charge is 2.47. The largest absolute Gasteiger partial charge is 0.461 e. The fraction of sp³-hybridized carbons (Fsp3) is 0.548. The minimum absolute atomic E-state index is 0.0203. The van der Waals surface area contributed by atoms with Crippen molar-refractivity contribution in [3.63, 3.8) is 0 Å². The van der Waals surface area contributed by atoms with Crippen LogP contribution in [0.5, 0.6) is 0 Å². The van der Waals surface area contributed by atoms with Crippen molar-refractivity contribution in [1.29, 1.82) is 0 Å². The number of aliphatic hydroxyl groups is 1. The van der Waals surface area contributed by atoms with E-state index in [-0.39, 0.29) is 56.8 Å². The highest BCUT2D eigenvalue weighted by molar-refractivity contribution is 5.98. The number of cyclic esters (lactones) is 1. The van der Waals surface area contributed by atoms with Crippen LogP contribution in [0.2, 0.25) is 0 Å². The summed E-state index contributed by atoms with van der Waals surface area (Å²) >= 11 is 0. The molecule has 312 valence electrons.